The Kier molecular flexibility index (Phi) is 9.00. The molecule has 0 aliphatic carbocycles. The number of hydrogen-bond acceptors (Lipinski definition) is 5. The van der Waals surface area contributed by atoms with Crippen LogP contribution in [-0.2, 0) is 13.0 Å². The molecule has 0 spiro atoms. The number of ether oxygens (including phenoxy) is 2. The molecule has 5 heteroatoms. The maximum atomic E-state index is 8.85. The molecular formula is C25H36N2O3. The molecule has 1 heterocycles. The van der Waals surface area contributed by atoms with Gasteiger partial charge in [0.2, 0.25) is 0 Å². The highest BCUT2D eigenvalue weighted by atomic mass is 16.5. The van der Waals surface area contributed by atoms with Crippen molar-refractivity contribution in [3.63, 3.8) is 0 Å². The van der Waals surface area contributed by atoms with E-state index in [0.717, 1.165) is 43.5 Å². The molecule has 2 aromatic carbocycles. The minimum atomic E-state index is 0.0446. The normalized spacial score (nSPS) is 17.3. The molecule has 5 nitrogen and oxygen atoms in total. The lowest BCUT2D eigenvalue weighted by Crippen LogP contribution is -2.40. The van der Waals surface area contributed by atoms with Gasteiger partial charge < -0.3 is 24.4 Å². The first-order chi connectivity index (χ1) is 14.7. The van der Waals surface area contributed by atoms with Gasteiger partial charge in [0.1, 0.15) is 18.1 Å². The molecular weight excluding hydrogens is 376 g/mol. The van der Waals surface area contributed by atoms with E-state index in [1.807, 2.05) is 12.1 Å². The average Bonchev–Trinajstić information content (AvgIpc) is 2.78. The predicted molar refractivity (Wildman–Crippen MR) is 121 cm³/mol. The number of aliphatic hydroxyl groups is 1. The fourth-order valence-corrected chi connectivity index (χ4v) is 4.25. The molecule has 0 aromatic heterocycles. The molecule has 0 saturated carbocycles. The maximum Gasteiger partial charge on any atom is 0.119 e. The summed E-state index contributed by atoms with van der Waals surface area (Å²) in [5.74, 6) is 2.47. The summed E-state index contributed by atoms with van der Waals surface area (Å²) in [4.78, 5) is 5.06. The van der Waals surface area contributed by atoms with E-state index in [-0.39, 0.29) is 6.61 Å². The first kappa shape index (κ1) is 22.6. The molecule has 1 atom stereocenters. The molecule has 1 N–H and O–H groups in total. The van der Waals surface area contributed by atoms with Crippen LogP contribution in [0.25, 0.3) is 0 Å². The summed E-state index contributed by atoms with van der Waals surface area (Å²) < 4.78 is 10.7. The molecule has 164 valence electrons. The number of hydrogen-bond donors (Lipinski definition) is 1. The van der Waals surface area contributed by atoms with E-state index in [1.54, 1.807) is 7.11 Å². The van der Waals surface area contributed by atoms with Gasteiger partial charge in [-0.05, 0) is 74.2 Å². The first-order valence-electron chi connectivity index (χ1n) is 11.0. The van der Waals surface area contributed by atoms with Crippen LogP contribution in [0.4, 0.5) is 0 Å². The van der Waals surface area contributed by atoms with Crippen molar-refractivity contribution in [3.8, 4) is 11.5 Å². The molecule has 30 heavy (non-hydrogen) atoms. The molecule has 3 rings (SSSR count). The Balaban J connectivity index is 1.41. The van der Waals surface area contributed by atoms with Crippen molar-refractivity contribution >= 4 is 0 Å². The summed E-state index contributed by atoms with van der Waals surface area (Å²) in [7, 11) is 3.93. The van der Waals surface area contributed by atoms with Crippen molar-refractivity contribution < 1.29 is 14.6 Å². The van der Waals surface area contributed by atoms with Crippen LogP contribution in [0.2, 0.25) is 0 Å². The van der Waals surface area contributed by atoms with Crippen LogP contribution in [0.5, 0.6) is 11.5 Å². The maximum absolute atomic E-state index is 8.85. The monoisotopic (exact) mass is 412 g/mol. The summed E-state index contributed by atoms with van der Waals surface area (Å²) in [5, 5.41) is 8.85. The van der Waals surface area contributed by atoms with Crippen molar-refractivity contribution in [1.29, 1.82) is 0 Å². The third kappa shape index (κ3) is 7.31. The Morgan fingerprint density at radius 2 is 1.73 bits per heavy atom. The zero-order chi connectivity index (χ0) is 21.2. The van der Waals surface area contributed by atoms with Gasteiger partial charge in [0, 0.05) is 26.2 Å². The highest BCUT2D eigenvalue weighted by molar-refractivity contribution is 5.28. The second-order valence-electron chi connectivity index (χ2n) is 8.32. The Hall–Kier alpha value is -2.08. The van der Waals surface area contributed by atoms with Crippen LogP contribution < -0.4 is 9.47 Å². The second-order valence-corrected chi connectivity index (χ2v) is 8.32. The topological polar surface area (TPSA) is 45.2 Å². The summed E-state index contributed by atoms with van der Waals surface area (Å²) in [6.45, 7) is 5.99. The third-order valence-electron chi connectivity index (χ3n) is 5.78. The smallest absolute Gasteiger partial charge is 0.119 e. The number of aliphatic hydroxyl groups excluding tert-OH is 1. The number of methoxy groups -OCH3 is 1. The Morgan fingerprint density at radius 3 is 2.43 bits per heavy atom. The van der Waals surface area contributed by atoms with Crippen LogP contribution in [0, 0.1) is 5.92 Å². The molecule has 2 aromatic rings. The first-order valence-corrected chi connectivity index (χ1v) is 11.0. The van der Waals surface area contributed by atoms with Crippen molar-refractivity contribution in [1.82, 2.24) is 9.80 Å². The molecule has 1 aliphatic heterocycles. The largest absolute Gasteiger partial charge is 0.497 e. The number of nitrogens with zero attached hydrogens (tertiary/aromatic N) is 2. The lowest BCUT2D eigenvalue weighted by atomic mass is 9.97. The van der Waals surface area contributed by atoms with Crippen LogP contribution in [0.15, 0.2) is 48.5 Å². The van der Waals surface area contributed by atoms with Gasteiger partial charge in [-0.25, -0.2) is 0 Å². The van der Waals surface area contributed by atoms with Gasteiger partial charge in [-0.15, -0.1) is 0 Å². The van der Waals surface area contributed by atoms with E-state index in [4.69, 9.17) is 14.6 Å². The highest BCUT2D eigenvalue weighted by Crippen LogP contribution is 2.20. The summed E-state index contributed by atoms with van der Waals surface area (Å²) in [6, 6.07) is 16.7. The van der Waals surface area contributed by atoms with E-state index in [0.29, 0.717) is 6.61 Å². The fraction of sp³-hybridized carbons (Fsp3) is 0.520. The van der Waals surface area contributed by atoms with E-state index in [9.17, 15) is 0 Å². The van der Waals surface area contributed by atoms with Gasteiger partial charge in [-0.2, -0.15) is 0 Å². The molecule has 0 bridgehead atoms. The van der Waals surface area contributed by atoms with Crippen molar-refractivity contribution in [2.75, 3.05) is 53.6 Å². The van der Waals surface area contributed by atoms with E-state index in [1.165, 1.54) is 37.1 Å². The predicted octanol–water partition coefficient (Wildman–Crippen LogP) is 3.45. The van der Waals surface area contributed by atoms with Gasteiger partial charge >= 0.3 is 0 Å². The lowest BCUT2D eigenvalue weighted by molar-refractivity contribution is 0.142. The lowest BCUT2D eigenvalue weighted by Gasteiger charge is -2.34. The molecule has 0 radical (unpaired) electrons. The molecule has 0 amide bonds. The molecule has 1 aliphatic rings. The zero-order valence-corrected chi connectivity index (χ0v) is 18.4. The Bertz CT molecular complexity index is 733. The van der Waals surface area contributed by atoms with Crippen molar-refractivity contribution in [2.24, 2.45) is 5.92 Å². The number of piperidine rings is 1. The van der Waals surface area contributed by atoms with E-state index >= 15 is 0 Å². The summed E-state index contributed by atoms with van der Waals surface area (Å²) in [6.07, 6.45) is 3.70. The standard InChI is InChI=1S/C25H36N2O3/c1-26(18-22-7-11-25(12-8-22)30-17-16-28)19-23-4-3-14-27(20-23)15-13-21-5-9-24(29-2)10-6-21/h5-12,23,28H,3-4,13-20H2,1-2H3/t23-/m1/s1. The second kappa shape index (κ2) is 11.9. The van der Waals surface area contributed by atoms with E-state index < -0.39 is 0 Å². The van der Waals surface area contributed by atoms with Crippen LogP contribution in [0.1, 0.15) is 24.0 Å². The highest BCUT2D eigenvalue weighted by Gasteiger charge is 2.21. The zero-order valence-electron chi connectivity index (χ0n) is 18.4. The number of benzene rings is 2. The van der Waals surface area contributed by atoms with E-state index in [2.05, 4.69) is 53.2 Å². The van der Waals surface area contributed by atoms with Crippen molar-refractivity contribution in [3.05, 3.63) is 59.7 Å². The van der Waals surface area contributed by atoms with Crippen LogP contribution in [0.3, 0.4) is 0 Å². The summed E-state index contributed by atoms with van der Waals surface area (Å²) >= 11 is 0. The van der Waals surface area contributed by atoms with Gasteiger partial charge in [0.15, 0.2) is 0 Å². The van der Waals surface area contributed by atoms with Gasteiger partial charge in [-0.3, -0.25) is 0 Å². The summed E-state index contributed by atoms with van der Waals surface area (Å²) in [5.41, 5.74) is 2.67. The number of likely N-dealkylation sites (tertiary alicyclic amines) is 1. The Morgan fingerprint density at radius 1 is 1.03 bits per heavy atom. The van der Waals surface area contributed by atoms with Gasteiger partial charge in [-0.1, -0.05) is 24.3 Å². The fourth-order valence-electron chi connectivity index (χ4n) is 4.25. The minimum Gasteiger partial charge on any atom is -0.497 e. The SMILES string of the molecule is COc1ccc(CCN2CCC[C@H](CN(C)Cc3ccc(OCCO)cc3)C2)cc1. The average molecular weight is 413 g/mol. The molecule has 1 saturated heterocycles. The van der Waals surface area contributed by atoms with Crippen molar-refractivity contribution in [2.45, 2.75) is 25.8 Å². The van der Waals surface area contributed by atoms with Crippen LogP contribution in [-0.4, -0.2) is 68.5 Å². The third-order valence-corrected chi connectivity index (χ3v) is 5.78. The number of rotatable bonds is 11. The Labute approximate surface area is 181 Å². The molecule has 1 fully saturated rings. The molecule has 0 unspecified atom stereocenters. The quantitative estimate of drug-likeness (QED) is 0.612. The van der Waals surface area contributed by atoms with Gasteiger partial charge in [0.05, 0.1) is 13.7 Å². The minimum absolute atomic E-state index is 0.0446. The van der Waals surface area contributed by atoms with Gasteiger partial charge in [0.25, 0.3) is 0 Å². The van der Waals surface area contributed by atoms with Crippen LogP contribution >= 0.6 is 0 Å².